The van der Waals surface area contributed by atoms with Crippen LogP contribution < -0.4 is 5.32 Å². The summed E-state index contributed by atoms with van der Waals surface area (Å²) in [4.78, 5) is 10.4. The standard InChI is InChI=1S/C11H13N3O2S/c1-8(17-2)7-13-10-5-9(6-12)3-4-11(10)14(15)16/h3-5,8,13H,7H2,1-2H3. The van der Waals surface area contributed by atoms with Crippen LogP contribution in [0, 0.1) is 21.4 Å². The predicted molar refractivity (Wildman–Crippen MR) is 69.3 cm³/mol. The normalized spacial score (nSPS) is 11.6. The van der Waals surface area contributed by atoms with Crippen LogP contribution in [0.25, 0.3) is 0 Å². The maximum Gasteiger partial charge on any atom is 0.292 e. The molecule has 1 aromatic rings. The Morgan fingerprint density at radius 3 is 2.88 bits per heavy atom. The molecule has 0 saturated carbocycles. The van der Waals surface area contributed by atoms with E-state index in [0.717, 1.165) is 0 Å². The van der Waals surface area contributed by atoms with Gasteiger partial charge in [-0.2, -0.15) is 17.0 Å². The number of thioether (sulfide) groups is 1. The van der Waals surface area contributed by atoms with Gasteiger partial charge in [-0.05, 0) is 18.4 Å². The van der Waals surface area contributed by atoms with E-state index in [2.05, 4.69) is 5.32 Å². The summed E-state index contributed by atoms with van der Waals surface area (Å²) in [6, 6.07) is 6.27. The molecule has 1 atom stereocenters. The lowest BCUT2D eigenvalue weighted by atomic mass is 10.2. The highest BCUT2D eigenvalue weighted by atomic mass is 32.2. The third-order valence-electron chi connectivity index (χ3n) is 2.30. The van der Waals surface area contributed by atoms with Crippen molar-refractivity contribution in [3.8, 4) is 6.07 Å². The molecule has 1 rings (SSSR count). The number of nitrogens with one attached hydrogen (secondary N) is 1. The minimum atomic E-state index is -0.451. The van der Waals surface area contributed by atoms with Crippen LogP contribution in [-0.2, 0) is 0 Å². The van der Waals surface area contributed by atoms with E-state index in [4.69, 9.17) is 5.26 Å². The fourth-order valence-electron chi connectivity index (χ4n) is 1.24. The van der Waals surface area contributed by atoms with Gasteiger partial charge in [-0.3, -0.25) is 10.1 Å². The SMILES string of the molecule is CSC(C)CNc1cc(C#N)ccc1[N+](=O)[O-]. The molecule has 17 heavy (non-hydrogen) atoms. The number of nitrogens with zero attached hydrogens (tertiary/aromatic N) is 2. The van der Waals surface area contributed by atoms with Gasteiger partial charge in [-0.15, -0.1) is 0 Å². The molecule has 0 aliphatic carbocycles. The van der Waals surface area contributed by atoms with Gasteiger partial charge in [0, 0.05) is 17.9 Å². The quantitative estimate of drug-likeness (QED) is 0.642. The second kappa shape index (κ2) is 6.11. The first-order valence-electron chi connectivity index (χ1n) is 5.03. The lowest BCUT2D eigenvalue weighted by Gasteiger charge is -2.11. The maximum atomic E-state index is 10.8. The van der Waals surface area contributed by atoms with Crippen LogP contribution in [0.5, 0.6) is 0 Å². The molecule has 0 heterocycles. The molecule has 1 N–H and O–H groups in total. The topological polar surface area (TPSA) is 79.0 Å². The molecule has 0 bridgehead atoms. The number of nitro groups is 1. The average molecular weight is 251 g/mol. The van der Waals surface area contributed by atoms with E-state index >= 15 is 0 Å². The first-order valence-corrected chi connectivity index (χ1v) is 6.32. The number of nitriles is 1. The molecule has 90 valence electrons. The van der Waals surface area contributed by atoms with E-state index in [1.54, 1.807) is 11.8 Å². The molecule has 0 saturated heterocycles. The van der Waals surface area contributed by atoms with Gasteiger partial charge in [0.2, 0.25) is 0 Å². The number of rotatable bonds is 5. The van der Waals surface area contributed by atoms with Crippen molar-refractivity contribution in [2.24, 2.45) is 0 Å². The van der Waals surface area contributed by atoms with Crippen molar-refractivity contribution in [1.82, 2.24) is 0 Å². The Balaban J connectivity index is 2.94. The number of hydrogen-bond acceptors (Lipinski definition) is 5. The zero-order valence-electron chi connectivity index (χ0n) is 9.64. The first-order chi connectivity index (χ1) is 8.08. The summed E-state index contributed by atoms with van der Waals surface area (Å²) >= 11 is 1.67. The summed E-state index contributed by atoms with van der Waals surface area (Å²) in [5.41, 5.74) is 0.808. The number of anilines is 1. The number of hydrogen-bond donors (Lipinski definition) is 1. The van der Waals surface area contributed by atoms with E-state index < -0.39 is 4.92 Å². The predicted octanol–water partition coefficient (Wildman–Crippen LogP) is 2.63. The second-order valence-electron chi connectivity index (χ2n) is 3.53. The Bertz CT molecular complexity index is 457. The van der Waals surface area contributed by atoms with E-state index in [1.807, 2.05) is 19.2 Å². The fourth-order valence-corrected chi connectivity index (χ4v) is 1.49. The van der Waals surface area contributed by atoms with Crippen molar-refractivity contribution in [3.05, 3.63) is 33.9 Å². The zero-order valence-corrected chi connectivity index (χ0v) is 10.5. The van der Waals surface area contributed by atoms with E-state index in [1.165, 1.54) is 18.2 Å². The second-order valence-corrected chi connectivity index (χ2v) is 4.80. The Morgan fingerprint density at radius 2 is 2.35 bits per heavy atom. The molecule has 0 radical (unpaired) electrons. The van der Waals surface area contributed by atoms with Crippen LogP contribution in [-0.4, -0.2) is 23.0 Å². The van der Waals surface area contributed by atoms with Crippen molar-refractivity contribution in [3.63, 3.8) is 0 Å². The highest BCUT2D eigenvalue weighted by molar-refractivity contribution is 7.99. The van der Waals surface area contributed by atoms with Crippen molar-refractivity contribution < 1.29 is 4.92 Å². The summed E-state index contributed by atoms with van der Waals surface area (Å²) in [6.07, 6.45) is 1.98. The highest BCUT2D eigenvalue weighted by Crippen LogP contribution is 2.25. The minimum absolute atomic E-state index is 0.00250. The largest absolute Gasteiger partial charge is 0.378 e. The summed E-state index contributed by atoms with van der Waals surface area (Å²) in [5, 5.41) is 22.9. The number of benzene rings is 1. The third kappa shape index (κ3) is 3.64. The smallest absolute Gasteiger partial charge is 0.292 e. The Morgan fingerprint density at radius 1 is 1.65 bits per heavy atom. The molecular weight excluding hydrogens is 238 g/mol. The first kappa shape index (κ1) is 13.3. The fraction of sp³-hybridized carbons (Fsp3) is 0.364. The molecule has 0 amide bonds. The maximum absolute atomic E-state index is 10.8. The van der Waals surface area contributed by atoms with Gasteiger partial charge in [0.15, 0.2) is 0 Å². The van der Waals surface area contributed by atoms with Crippen molar-refractivity contribution in [1.29, 1.82) is 5.26 Å². The molecule has 0 aliphatic heterocycles. The molecular formula is C11H13N3O2S. The van der Waals surface area contributed by atoms with Gasteiger partial charge < -0.3 is 5.32 Å². The molecule has 1 aromatic carbocycles. The van der Waals surface area contributed by atoms with Gasteiger partial charge in [-0.25, -0.2) is 0 Å². The average Bonchev–Trinajstić information content (AvgIpc) is 2.35. The van der Waals surface area contributed by atoms with E-state index in [-0.39, 0.29) is 5.69 Å². The van der Waals surface area contributed by atoms with E-state index in [0.29, 0.717) is 23.0 Å². The van der Waals surface area contributed by atoms with Crippen LogP contribution in [0.4, 0.5) is 11.4 Å². The summed E-state index contributed by atoms with van der Waals surface area (Å²) in [7, 11) is 0. The summed E-state index contributed by atoms with van der Waals surface area (Å²) < 4.78 is 0. The molecule has 0 aliphatic rings. The highest BCUT2D eigenvalue weighted by Gasteiger charge is 2.14. The Kier molecular flexibility index (Phi) is 4.79. The van der Waals surface area contributed by atoms with Crippen LogP contribution in [0.2, 0.25) is 0 Å². The van der Waals surface area contributed by atoms with Crippen molar-refractivity contribution in [2.75, 3.05) is 18.1 Å². The van der Waals surface area contributed by atoms with Gasteiger partial charge in [-0.1, -0.05) is 6.92 Å². The lowest BCUT2D eigenvalue weighted by molar-refractivity contribution is -0.384. The third-order valence-corrected chi connectivity index (χ3v) is 3.28. The lowest BCUT2D eigenvalue weighted by Crippen LogP contribution is -2.13. The molecule has 5 nitrogen and oxygen atoms in total. The Hall–Kier alpha value is -1.74. The van der Waals surface area contributed by atoms with Crippen molar-refractivity contribution >= 4 is 23.1 Å². The van der Waals surface area contributed by atoms with Gasteiger partial charge in [0.1, 0.15) is 5.69 Å². The van der Waals surface area contributed by atoms with E-state index in [9.17, 15) is 10.1 Å². The summed E-state index contributed by atoms with van der Waals surface area (Å²) in [5.74, 6) is 0. The van der Waals surface area contributed by atoms with Crippen LogP contribution in [0.1, 0.15) is 12.5 Å². The minimum Gasteiger partial charge on any atom is -0.378 e. The molecule has 6 heteroatoms. The van der Waals surface area contributed by atoms with Crippen LogP contribution in [0.15, 0.2) is 18.2 Å². The van der Waals surface area contributed by atoms with Crippen molar-refractivity contribution in [2.45, 2.75) is 12.2 Å². The zero-order chi connectivity index (χ0) is 12.8. The summed E-state index contributed by atoms with van der Waals surface area (Å²) in [6.45, 7) is 2.65. The molecule has 0 aromatic heterocycles. The monoisotopic (exact) mass is 251 g/mol. The molecule has 1 unspecified atom stereocenters. The molecule has 0 spiro atoms. The van der Waals surface area contributed by atoms with Gasteiger partial charge in [0.25, 0.3) is 5.69 Å². The van der Waals surface area contributed by atoms with Crippen LogP contribution in [0.3, 0.4) is 0 Å². The van der Waals surface area contributed by atoms with Gasteiger partial charge in [0.05, 0.1) is 16.6 Å². The molecule has 0 fully saturated rings. The van der Waals surface area contributed by atoms with Crippen LogP contribution >= 0.6 is 11.8 Å². The number of nitro benzene ring substituents is 1. The Labute approximate surface area is 104 Å². The van der Waals surface area contributed by atoms with Gasteiger partial charge >= 0.3 is 0 Å².